The van der Waals surface area contributed by atoms with Gasteiger partial charge >= 0.3 is 5.97 Å². The number of rotatable bonds is 5. The van der Waals surface area contributed by atoms with Crippen LogP contribution in [0.2, 0.25) is 0 Å². The van der Waals surface area contributed by atoms with Crippen molar-refractivity contribution >= 4 is 16.9 Å². The first-order valence-corrected chi connectivity index (χ1v) is 11.5. The molecule has 176 valence electrons. The number of allylic oxidation sites excluding steroid dienone is 2. The van der Waals surface area contributed by atoms with Gasteiger partial charge in [-0.05, 0) is 62.1 Å². The molecule has 3 heterocycles. The van der Waals surface area contributed by atoms with Crippen LogP contribution in [-0.4, -0.2) is 41.5 Å². The fourth-order valence-electron chi connectivity index (χ4n) is 5.42. The van der Waals surface area contributed by atoms with Crippen molar-refractivity contribution in [1.82, 2.24) is 9.55 Å². The Morgan fingerprint density at radius 3 is 2.68 bits per heavy atom. The van der Waals surface area contributed by atoms with Crippen molar-refractivity contribution in [3.8, 4) is 16.9 Å². The van der Waals surface area contributed by atoms with E-state index in [-0.39, 0.29) is 30.2 Å². The minimum absolute atomic E-state index is 0.0593. The average Bonchev–Trinajstić information content (AvgIpc) is 3.16. The molecule has 0 spiro atoms. The molecule has 1 N–H and O–H groups in total. The van der Waals surface area contributed by atoms with Crippen LogP contribution in [-0.2, 0) is 20.8 Å². The number of benzene rings is 1. The zero-order valence-electron chi connectivity index (χ0n) is 19.8. The Balaban J connectivity index is 1.80. The molecule has 2 unspecified atom stereocenters. The maximum Gasteiger partial charge on any atom is 0.340 e. The van der Waals surface area contributed by atoms with Crippen LogP contribution in [0.3, 0.4) is 0 Å². The van der Waals surface area contributed by atoms with Gasteiger partial charge in [-0.1, -0.05) is 6.07 Å². The summed E-state index contributed by atoms with van der Waals surface area (Å²) in [4.78, 5) is 17.9. The maximum absolute atomic E-state index is 13.5. The summed E-state index contributed by atoms with van der Waals surface area (Å²) in [6.07, 6.45) is 6.72. The van der Waals surface area contributed by atoms with Crippen LogP contribution in [0, 0.1) is 12.8 Å². The van der Waals surface area contributed by atoms with Crippen LogP contribution in [0.5, 0.6) is 5.75 Å². The van der Waals surface area contributed by atoms with Gasteiger partial charge in [-0.3, -0.25) is 4.98 Å². The number of aromatic hydroxyl groups is 1. The van der Waals surface area contributed by atoms with Crippen LogP contribution >= 0.6 is 0 Å². The molecular weight excluding hydrogens is 432 g/mol. The molecule has 0 saturated heterocycles. The zero-order valence-corrected chi connectivity index (χ0v) is 19.8. The summed E-state index contributed by atoms with van der Waals surface area (Å²) < 4.78 is 19.0. The highest BCUT2D eigenvalue weighted by Crippen LogP contribution is 2.48. The van der Waals surface area contributed by atoms with E-state index in [2.05, 4.69) is 21.7 Å². The third-order valence-electron chi connectivity index (χ3n) is 6.90. The average molecular weight is 461 g/mol. The summed E-state index contributed by atoms with van der Waals surface area (Å²) in [7, 11) is 3.26. The number of hydrogen-bond acceptors (Lipinski definition) is 6. The van der Waals surface area contributed by atoms with Gasteiger partial charge in [0.05, 0.1) is 26.4 Å². The Kier molecular flexibility index (Phi) is 5.55. The topological polar surface area (TPSA) is 82.8 Å². The van der Waals surface area contributed by atoms with Crippen molar-refractivity contribution in [1.29, 1.82) is 0 Å². The Bertz CT molecular complexity index is 1350. The van der Waals surface area contributed by atoms with Crippen molar-refractivity contribution in [3.05, 3.63) is 71.1 Å². The number of pyridine rings is 1. The van der Waals surface area contributed by atoms with Crippen LogP contribution in [0.25, 0.3) is 22.0 Å². The Labute approximate surface area is 198 Å². The van der Waals surface area contributed by atoms with Crippen LogP contribution in [0.1, 0.15) is 41.0 Å². The number of hydrogen-bond donors (Lipinski definition) is 1. The molecule has 3 aromatic rings. The molecule has 5 rings (SSSR count). The highest BCUT2D eigenvalue weighted by Gasteiger charge is 2.39. The lowest BCUT2D eigenvalue weighted by Gasteiger charge is -2.34. The van der Waals surface area contributed by atoms with Crippen LogP contribution < -0.4 is 0 Å². The minimum atomic E-state index is -0.353. The number of phenols is 1. The van der Waals surface area contributed by atoms with E-state index in [1.165, 1.54) is 0 Å². The normalized spacial score (nSPS) is 19.1. The number of aromatic nitrogens is 2. The molecule has 34 heavy (non-hydrogen) atoms. The summed E-state index contributed by atoms with van der Waals surface area (Å²) in [5, 5.41) is 11.2. The molecular formula is C27H28N2O5. The van der Waals surface area contributed by atoms with E-state index in [0.29, 0.717) is 22.6 Å². The van der Waals surface area contributed by atoms with Crippen molar-refractivity contribution in [3.63, 3.8) is 0 Å². The number of methoxy groups -OCH3 is 2. The first kappa shape index (κ1) is 22.1. The maximum atomic E-state index is 13.5. The lowest BCUT2D eigenvalue weighted by Crippen LogP contribution is -2.27. The zero-order chi connectivity index (χ0) is 24.0. The monoisotopic (exact) mass is 460 g/mol. The molecule has 0 amide bonds. The molecule has 1 aliphatic heterocycles. The quantitative estimate of drug-likeness (QED) is 0.535. The van der Waals surface area contributed by atoms with Gasteiger partial charge in [0.1, 0.15) is 11.3 Å². The van der Waals surface area contributed by atoms with Gasteiger partial charge in [0.15, 0.2) is 11.5 Å². The van der Waals surface area contributed by atoms with Crippen LogP contribution in [0.15, 0.2) is 54.1 Å². The number of fused-ring (bicyclic) bond motifs is 4. The van der Waals surface area contributed by atoms with E-state index in [9.17, 15) is 9.90 Å². The summed E-state index contributed by atoms with van der Waals surface area (Å²) in [6, 6.07) is 7.24. The fraction of sp³-hybridized carbons (Fsp3) is 0.333. The standard InChI is InChI=1S/C27H28N2O5/c1-5-34-27(31)24-23(17-8-9-20(30)25-18(17)7-6-11-28-25)15(2)29-12-10-16-13-21(32-3)22(33-4)14-19(16)26(24)29/h6-9,11,13-14,16,19,30H,5,10,12H2,1-4H3. The molecule has 2 aliphatic rings. The summed E-state index contributed by atoms with van der Waals surface area (Å²) in [5.74, 6) is 1.25. The second-order valence-electron chi connectivity index (χ2n) is 8.57. The largest absolute Gasteiger partial charge is 0.506 e. The first-order chi connectivity index (χ1) is 16.5. The SMILES string of the molecule is CCOC(=O)c1c(-c2ccc(O)c3ncccc23)c(C)n2c1C1C=C(OC)C(OC)=CC1CC2. The number of ether oxygens (including phenoxy) is 3. The highest BCUT2D eigenvalue weighted by molar-refractivity contribution is 6.06. The molecule has 0 radical (unpaired) electrons. The molecule has 0 fully saturated rings. The summed E-state index contributed by atoms with van der Waals surface area (Å²) >= 11 is 0. The molecule has 0 saturated carbocycles. The van der Waals surface area contributed by atoms with Gasteiger partial charge in [-0.25, -0.2) is 4.79 Å². The second-order valence-corrected chi connectivity index (χ2v) is 8.57. The number of carbonyl (C=O) groups excluding carboxylic acids is 1. The van der Waals surface area contributed by atoms with Crippen molar-refractivity contribution in [2.45, 2.75) is 32.7 Å². The third-order valence-corrected chi connectivity index (χ3v) is 6.90. The van der Waals surface area contributed by atoms with Gasteiger partial charge in [0.25, 0.3) is 0 Å². The Hall–Kier alpha value is -3.74. The molecule has 7 nitrogen and oxygen atoms in total. The van der Waals surface area contributed by atoms with Gasteiger partial charge < -0.3 is 23.9 Å². The second kappa shape index (κ2) is 8.56. The van der Waals surface area contributed by atoms with Gasteiger partial charge in [-0.15, -0.1) is 0 Å². The van der Waals surface area contributed by atoms with E-state index in [0.717, 1.165) is 40.9 Å². The predicted molar refractivity (Wildman–Crippen MR) is 129 cm³/mol. The summed E-state index contributed by atoms with van der Waals surface area (Å²) in [6.45, 7) is 4.90. The molecule has 0 bridgehead atoms. The smallest absolute Gasteiger partial charge is 0.340 e. The molecule has 2 aromatic heterocycles. The van der Waals surface area contributed by atoms with Crippen LogP contribution in [0.4, 0.5) is 0 Å². The number of phenolic OH excluding ortho intramolecular Hbond substituents is 1. The number of nitrogens with zero attached hydrogens (tertiary/aromatic N) is 2. The molecule has 2 atom stereocenters. The van der Waals surface area contributed by atoms with Gasteiger partial charge in [0.2, 0.25) is 0 Å². The van der Waals surface area contributed by atoms with E-state index >= 15 is 0 Å². The van der Waals surface area contributed by atoms with Crippen molar-refractivity contribution in [2.24, 2.45) is 5.92 Å². The Morgan fingerprint density at radius 2 is 1.94 bits per heavy atom. The predicted octanol–water partition coefficient (Wildman–Crippen LogP) is 5.07. The Morgan fingerprint density at radius 1 is 1.18 bits per heavy atom. The number of esters is 1. The molecule has 7 heteroatoms. The lowest BCUT2D eigenvalue weighted by atomic mass is 9.78. The number of carbonyl (C=O) groups is 1. The van der Waals surface area contributed by atoms with Crippen molar-refractivity contribution < 1.29 is 24.1 Å². The van der Waals surface area contributed by atoms with Gasteiger partial charge in [0, 0.05) is 41.0 Å². The molecule has 1 aromatic carbocycles. The third kappa shape index (κ3) is 3.26. The van der Waals surface area contributed by atoms with E-state index in [1.807, 2.05) is 32.0 Å². The summed E-state index contributed by atoms with van der Waals surface area (Å²) in [5.41, 5.74) is 4.64. The lowest BCUT2D eigenvalue weighted by molar-refractivity contribution is 0.0524. The minimum Gasteiger partial charge on any atom is -0.506 e. The molecule has 1 aliphatic carbocycles. The van der Waals surface area contributed by atoms with Gasteiger partial charge in [-0.2, -0.15) is 0 Å². The van der Waals surface area contributed by atoms with E-state index in [4.69, 9.17) is 14.2 Å². The van der Waals surface area contributed by atoms with E-state index < -0.39 is 0 Å². The van der Waals surface area contributed by atoms with E-state index in [1.54, 1.807) is 26.5 Å². The van der Waals surface area contributed by atoms with Crippen molar-refractivity contribution in [2.75, 3.05) is 20.8 Å². The first-order valence-electron chi connectivity index (χ1n) is 11.5. The highest BCUT2D eigenvalue weighted by atomic mass is 16.5. The fourth-order valence-corrected chi connectivity index (χ4v) is 5.42.